The third-order valence-corrected chi connectivity index (χ3v) is 18.5. The lowest BCUT2D eigenvalue weighted by atomic mass is 9.97. The quantitative estimate of drug-likeness (QED) is 0.0247. The average Bonchev–Trinajstić information content (AvgIpc) is 4.14. The Balaban J connectivity index is 1.60. The molecule has 11 heteroatoms. The van der Waals surface area contributed by atoms with Crippen molar-refractivity contribution in [2.75, 3.05) is 0 Å². The highest BCUT2D eigenvalue weighted by atomic mass is 32.1. The molecule has 8 nitrogen and oxygen atoms in total. The van der Waals surface area contributed by atoms with Gasteiger partial charge < -0.3 is 0 Å². The van der Waals surface area contributed by atoms with Gasteiger partial charge in [-0.25, -0.2) is 0 Å². The van der Waals surface area contributed by atoms with Crippen molar-refractivity contribution in [3.63, 3.8) is 0 Å². The minimum atomic E-state index is -0.498. The Morgan fingerprint density at radius 1 is 0.356 bits per heavy atom. The van der Waals surface area contributed by atoms with Crippen LogP contribution in [0, 0.1) is 20.2 Å². The Morgan fingerprint density at radius 2 is 0.589 bits per heavy atom. The molecule has 0 fully saturated rings. The van der Waals surface area contributed by atoms with Gasteiger partial charge in [0.2, 0.25) is 0 Å². The van der Waals surface area contributed by atoms with Crippen LogP contribution in [0.1, 0.15) is 305 Å². The lowest BCUT2D eigenvalue weighted by Crippen LogP contribution is -2.02. The molecule has 0 aliphatic carbocycles. The van der Waals surface area contributed by atoms with Gasteiger partial charge in [0.1, 0.15) is 22.2 Å². The number of fused-ring (bicyclic) bond motifs is 1. The first-order valence-corrected chi connectivity index (χ1v) is 33.1. The van der Waals surface area contributed by atoms with Gasteiger partial charge in [-0.3, -0.25) is 20.2 Å². The van der Waals surface area contributed by atoms with Gasteiger partial charge >= 0.3 is 11.4 Å². The minimum absolute atomic E-state index is 0.278. The number of hydrogen-bond donors (Lipinski definition) is 0. The van der Waals surface area contributed by atoms with E-state index in [-0.39, 0.29) is 11.1 Å². The number of unbranched alkanes of at least 4 members (excludes halogenated alkanes) is 36. The molecule has 0 saturated carbocycles. The number of aryl methyl sites for hydroxylation is 4. The number of nitro groups is 2. The number of hydrogen-bond acceptors (Lipinski definition) is 9. The molecule has 1 aromatic carbocycles. The van der Waals surface area contributed by atoms with Crippen molar-refractivity contribution in [2.45, 2.75) is 310 Å². The highest BCUT2D eigenvalue weighted by molar-refractivity contribution is 7.16. The molecule has 0 atom stereocenters. The van der Waals surface area contributed by atoms with Crippen LogP contribution < -0.4 is 0 Å². The third kappa shape index (κ3) is 23.6. The van der Waals surface area contributed by atoms with Gasteiger partial charge in [0.15, 0.2) is 0 Å². The van der Waals surface area contributed by atoms with Crippen LogP contribution >= 0.6 is 34.4 Å². The SMILES string of the molecule is CCCCCCCCCCCCc1cc(-c2c([N+](=O)[O-])c([N+](=O)[O-])c(-c3cc(CCCCCCCCCCCC)c(CCCCCCCCCCCC)s3)c3nsnc23)sc1CCCCCCCCCCCC. The summed E-state index contributed by atoms with van der Waals surface area (Å²) in [5.41, 5.74) is 3.04. The third-order valence-electron chi connectivity index (χ3n) is 15.4. The van der Waals surface area contributed by atoms with Crippen LogP contribution in [0.15, 0.2) is 12.1 Å². The van der Waals surface area contributed by atoms with Gasteiger partial charge in [-0.1, -0.05) is 259 Å². The molecule has 412 valence electrons. The Labute approximate surface area is 457 Å². The number of benzene rings is 1. The molecule has 0 spiro atoms. The number of rotatable bonds is 48. The van der Waals surface area contributed by atoms with Crippen LogP contribution in [0.4, 0.5) is 11.4 Å². The van der Waals surface area contributed by atoms with Gasteiger partial charge in [0.25, 0.3) is 0 Å². The highest BCUT2D eigenvalue weighted by Gasteiger charge is 2.40. The van der Waals surface area contributed by atoms with Crippen molar-refractivity contribution in [3.8, 4) is 20.9 Å². The number of nitrogens with zero attached hydrogens (tertiary/aromatic N) is 4. The molecule has 4 aromatic rings. The smallest absolute Gasteiger partial charge is 0.258 e. The molecule has 3 aromatic heterocycles. The molecule has 0 N–H and O–H groups in total. The number of thiophene rings is 2. The van der Waals surface area contributed by atoms with Crippen molar-refractivity contribution in [2.24, 2.45) is 0 Å². The maximum absolute atomic E-state index is 13.5. The molecule has 0 aliphatic heterocycles. The molecule has 0 amide bonds. The van der Waals surface area contributed by atoms with Crippen molar-refractivity contribution in [1.29, 1.82) is 0 Å². The zero-order valence-corrected chi connectivity index (χ0v) is 49.4. The van der Waals surface area contributed by atoms with E-state index in [2.05, 4.69) is 39.8 Å². The van der Waals surface area contributed by atoms with Crippen molar-refractivity contribution >= 4 is 56.8 Å². The van der Waals surface area contributed by atoms with Crippen LogP contribution in [0.5, 0.6) is 0 Å². The van der Waals surface area contributed by atoms with Gasteiger partial charge in [0.05, 0.1) is 21.6 Å². The summed E-state index contributed by atoms with van der Waals surface area (Å²) < 4.78 is 9.55. The fourth-order valence-corrected chi connectivity index (χ4v) is 14.1. The Morgan fingerprint density at radius 3 is 0.836 bits per heavy atom. The lowest BCUT2D eigenvalue weighted by molar-refractivity contribution is -0.421. The molecule has 3 heterocycles. The van der Waals surface area contributed by atoms with Gasteiger partial charge in [-0.05, 0) is 74.6 Å². The molecule has 4 rings (SSSR count). The fraction of sp³-hybridized carbons (Fsp3) is 0.774. The topological polar surface area (TPSA) is 112 Å². The molecule has 73 heavy (non-hydrogen) atoms. The molecular formula is C62H102N4O4S3. The summed E-state index contributed by atoms with van der Waals surface area (Å²) in [6, 6.07) is 4.27. The molecule has 0 saturated heterocycles. The van der Waals surface area contributed by atoms with Gasteiger partial charge in [-0.2, -0.15) is 8.75 Å². The maximum Gasteiger partial charge on any atom is 0.357 e. The second-order valence-electron chi connectivity index (χ2n) is 21.8. The zero-order valence-electron chi connectivity index (χ0n) is 46.9. The summed E-state index contributed by atoms with van der Waals surface area (Å²) in [5, 5.41) is 26.9. The van der Waals surface area contributed by atoms with E-state index < -0.39 is 21.2 Å². The maximum atomic E-state index is 13.5. The predicted octanol–water partition coefficient (Wildman–Crippen LogP) is 22.8. The second-order valence-corrected chi connectivity index (χ2v) is 24.6. The molecule has 0 radical (unpaired) electrons. The van der Waals surface area contributed by atoms with E-state index in [0.717, 1.165) is 72.8 Å². The summed E-state index contributed by atoms with van der Waals surface area (Å²) in [6.45, 7) is 9.08. The molecule has 0 unspecified atom stereocenters. The minimum Gasteiger partial charge on any atom is -0.258 e. The van der Waals surface area contributed by atoms with Crippen LogP contribution in [0.25, 0.3) is 31.9 Å². The highest BCUT2D eigenvalue weighted by Crippen LogP contribution is 2.53. The molecular weight excluding hydrogens is 961 g/mol. The molecule has 0 bridgehead atoms. The van der Waals surface area contributed by atoms with Crippen molar-refractivity contribution < 1.29 is 9.85 Å². The fourth-order valence-electron chi connectivity index (χ4n) is 11.0. The van der Waals surface area contributed by atoms with E-state index in [1.54, 1.807) is 22.7 Å². The first-order chi connectivity index (χ1) is 35.9. The Bertz CT molecular complexity index is 1850. The van der Waals surface area contributed by atoms with Crippen molar-refractivity contribution in [1.82, 2.24) is 8.75 Å². The predicted molar refractivity (Wildman–Crippen MR) is 320 cm³/mol. The molecule has 0 aliphatic rings. The average molecular weight is 1060 g/mol. The second kappa shape index (κ2) is 39.6. The van der Waals surface area contributed by atoms with Gasteiger partial charge in [-0.15, -0.1) is 22.7 Å². The van der Waals surface area contributed by atoms with Crippen LogP contribution in [-0.2, 0) is 25.7 Å². The Kier molecular flexibility index (Phi) is 34.0. The summed E-state index contributed by atoms with van der Waals surface area (Å²) in [7, 11) is 0. The zero-order chi connectivity index (χ0) is 52.1. The van der Waals surface area contributed by atoms with E-state index >= 15 is 0 Å². The normalized spacial score (nSPS) is 11.7. The number of nitro benzene ring substituents is 2. The number of aromatic nitrogens is 2. The van der Waals surface area contributed by atoms with Crippen LogP contribution in [0.2, 0.25) is 0 Å². The van der Waals surface area contributed by atoms with Crippen molar-refractivity contribution in [3.05, 3.63) is 53.2 Å². The first-order valence-electron chi connectivity index (χ1n) is 30.7. The van der Waals surface area contributed by atoms with E-state index in [0.29, 0.717) is 11.0 Å². The standard InChI is InChI=1S/C62H102N4O4S3/c1-5-9-13-17-21-25-29-33-37-41-45-51-49-55(71-53(51)47-43-39-35-31-27-23-19-15-11-7-3)57-59-60(64-73-63-59)58(62(66(69)70)61(57)65(67)68)56-50-52(46-42-38-34-30-26-22-18-14-10-6-2)54(72-56)48-44-40-36-32-28-24-20-16-12-8-4/h49-50H,5-48H2,1-4H3. The lowest BCUT2D eigenvalue weighted by Gasteiger charge is -2.07. The van der Waals surface area contributed by atoms with E-state index in [9.17, 15) is 20.2 Å². The monoisotopic (exact) mass is 1060 g/mol. The van der Waals surface area contributed by atoms with Crippen LogP contribution in [0.3, 0.4) is 0 Å². The summed E-state index contributed by atoms with van der Waals surface area (Å²) in [6.07, 6.45) is 54.5. The summed E-state index contributed by atoms with van der Waals surface area (Å²) in [4.78, 5) is 29.9. The summed E-state index contributed by atoms with van der Waals surface area (Å²) >= 11 is 4.22. The van der Waals surface area contributed by atoms with Gasteiger partial charge in [0, 0.05) is 19.5 Å². The summed E-state index contributed by atoms with van der Waals surface area (Å²) in [5.74, 6) is 0. The van der Waals surface area contributed by atoms with E-state index in [4.69, 9.17) is 8.75 Å². The van der Waals surface area contributed by atoms with E-state index in [1.165, 1.54) is 252 Å². The van der Waals surface area contributed by atoms with Crippen LogP contribution in [-0.4, -0.2) is 18.6 Å². The first kappa shape index (κ1) is 62.8. The Hall–Kier alpha value is -2.76. The largest absolute Gasteiger partial charge is 0.357 e. The van der Waals surface area contributed by atoms with E-state index in [1.807, 2.05) is 0 Å².